The van der Waals surface area contributed by atoms with E-state index in [1.165, 1.54) is 4.90 Å². The third kappa shape index (κ3) is 6.42. The zero-order chi connectivity index (χ0) is 25.7. The van der Waals surface area contributed by atoms with E-state index in [4.69, 9.17) is 9.47 Å². The van der Waals surface area contributed by atoms with E-state index < -0.39 is 28.7 Å². The number of rotatable bonds is 9. The molecule has 9 nitrogen and oxygen atoms in total. The molecule has 0 unspecified atom stereocenters. The van der Waals surface area contributed by atoms with Crippen molar-refractivity contribution in [2.45, 2.75) is 51.6 Å². The minimum absolute atomic E-state index is 0.115. The number of anilines is 2. The van der Waals surface area contributed by atoms with Gasteiger partial charge in [0.05, 0.1) is 0 Å². The lowest BCUT2D eigenvalue weighted by Crippen LogP contribution is -2.51. The molecule has 0 saturated heterocycles. The van der Waals surface area contributed by atoms with Crippen LogP contribution in [-0.2, 0) is 25.2 Å². The van der Waals surface area contributed by atoms with Crippen LogP contribution in [0.25, 0.3) is 0 Å². The van der Waals surface area contributed by atoms with Gasteiger partial charge in [-0.05, 0) is 51.0 Å². The maximum absolute atomic E-state index is 13.3. The fraction of sp³-hybridized carbons (Fsp3) is 0.423. The number of benzene rings is 2. The Kier molecular flexibility index (Phi) is 8.25. The molecule has 1 fully saturated rings. The van der Waals surface area contributed by atoms with E-state index >= 15 is 0 Å². The first-order chi connectivity index (χ1) is 17.3. The smallest absolute Gasteiger partial charge is 0.243 e. The van der Waals surface area contributed by atoms with Crippen LogP contribution in [0.5, 0.6) is 11.5 Å². The van der Waals surface area contributed by atoms with Crippen LogP contribution in [0.2, 0.25) is 0 Å². The second kappa shape index (κ2) is 11.6. The van der Waals surface area contributed by atoms with Gasteiger partial charge in [-0.3, -0.25) is 23.5 Å². The van der Waals surface area contributed by atoms with Crippen LogP contribution in [0.4, 0.5) is 11.4 Å². The first-order valence-electron chi connectivity index (χ1n) is 12.0. The molecule has 0 spiro atoms. The number of fused-ring (bicyclic) bond motifs is 1. The van der Waals surface area contributed by atoms with Crippen LogP contribution in [0.15, 0.2) is 42.5 Å². The molecule has 36 heavy (non-hydrogen) atoms. The fourth-order valence-electron chi connectivity index (χ4n) is 4.37. The number of carbonyl (C=O) groups is 3. The maximum atomic E-state index is 13.3. The summed E-state index contributed by atoms with van der Waals surface area (Å²) in [5, 5.41) is 5.70. The summed E-state index contributed by atoms with van der Waals surface area (Å²) in [6, 6.07) is 11.5. The van der Waals surface area contributed by atoms with Crippen molar-refractivity contribution in [2.75, 3.05) is 28.5 Å². The fourth-order valence-corrected chi connectivity index (χ4v) is 5.26. The molecule has 1 saturated carbocycles. The standard InChI is InChI=1S/C26H31N3O6S/c1-17-7-10-21(11-8-17)29(18(2)26(32)28-19-5-3-4-6-19)25(31)15-36(33)14-24(30)27-20-9-12-22-23(13-20)35-16-34-22/h7-13,18-19H,3-6,14-16H2,1-2H3,(H,27,30)(H,28,32)/t18-,36-/m0/s1. The number of nitrogens with one attached hydrogen (secondary N) is 2. The van der Waals surface area contributed by atoms with Gasteiger partial charge in [0.2, 0.25) is 24.5 Å². The van der Waals surface area contributed by atoms with Gasteiger partial charge in [0.15, 0.2) is 11.5 Å². The molecule has 1 heterocycles. The predicted molar refractivity (Wildman–Crippen MR) is 138 cm³/mol. The number of hydrogen-bond acceptors (Lipinski definition) is 6. The van der Waals surface area contributed by atoms with E-state index in [-0.39, 0.29) is 30.2 Å². The van der Waals surface area contributed by atoms with E-state index in [2.05, 4.69) is 10.6 Å². The second-order valence-electron chi connectivity index (χ2n) is 9.11. The Morgan fingerprint density at radius 3 is 2.44 bits per heavy atom. The molecule has 2 aromatic rings. The number of hydrogen-bond donors (Lipinski definition) is 2. The topological polar surface area (TPSA) is 114 Å². The molecule has 0 radical (unpaired) electrons. The number of carbonyl (C=O) groups excluding carboxylic acids is 3. The monoisotopic (exact) mass is 513 g/mol. The van der Waals surface area contributed by atoms with Crippen LogP contribution < -0.4 is 25.0 Å². The molecule has 0 bridgehead atoms. The number of amides is 3. The number of ether oxygens (including phenoxy) is 2. The molecule has 3 amide bonds. The summed E-state index contributed by atoms with van der Waals surface area (Å²) in [5.74, 6) is -0.862. The molecule has 192 valence electrons. The summed E-state index contributed by atoms with van der Waals surface area (Å²) in [6.07, 6.45) is 4.01. The zero-order valence-electron chi connectivity index (χ0n) is 20.5. The Morgan fingerprint density at radius 1 is 1.03 bits per heavy atom. The summed E-state index contributed by atoms with van der Waals surface area (Å²) in [5.41, 5.74) is 2.03. The van der Waals surface area contributed by atoms with Crippen LogP contribution in [-0.4, -0.2) is 52.3 Å². The van der Waals surface area contributed by atoms with Crippen molar-refractivity contribution >= 4 is 39.9 Å². The van der Waals surface area contributed by atoms with Crippen molar-refractivity contribution in [1.29, 1.82) is 0 Å². The minimum atomic E-state index is -1.78. The molecule has 4 rings (SSSR count). The van der Waals surface area contributed by atoms with Gasteiger partial charge >= 0.3 is 0 Å². The number of nitrogens with zero attached hydrogens (tertiary/aromatic N) is 1. The van der Waals surface area contributed by atoms with E-state index in [0.29, 0.717) is 22.9 Å². The van der Waals surface area contributed by atoms with Crippen LogP contribution in [0, 0.1) is 6.92 Å². The predicted octanol–water partition coefficient (Wildman–Crippen LogP) is 2.89. The molecule has 10 heteroatoms. The maximum Gasteiger partial charge on any atom is 0.243 e. The highest BCUT2D eigenvalue weighted by Gasteiger charge is 2.30. The Morgan fingerprint density at radius 2 is 1.72 bits per heavy atom. The van der Waals surface area contributed by atoms with Gasteiger partial charge in [-0.15, -0.1) is 0 Å². The van der Waals surface area contributed by atoms with Crippen molar-refractivity contribution in [2.24, 2.45) is 0 Å². The summed E-state index contributed by atoms with van der Waals surface area (Å²) in [7, 11) is -1.78. The van der Waals surface area contributed by atoms with Crippen LogP contribution >= 0.6 is 0 Å². The second-order valence-corrected chi connectivity index (χ2v) is 10.6. The number of aryl methyl sites for hydroxylation is 1. The van der Waals surface area contributed by atoms with Crippen LogP contribution in [0.3, 0.4) is 0 Å². The molecule has 2 aliphatic rings. The molecule has 0 aromatic heterocycles. The highest BCUT2D eigenvalue weighted by Crippen LogP contribution is 2.34. The Balaban J connectivity index is 1.39. The summed E-state index contributed by atoms with van der Waals surface area (Å²) in [4.78, 5) is 40.1. The van der Waals surface area contributed by atoms with Gasteiger partial charge in [0.25, 0.3) is 0 Å². The Hall–Kier alpha value is -3.40. The van der Waals surface area contributed by atoms with E-state index in [9.17, 15) is 18.6 Å². The molecular formula is C26H31N3O6S. The van der Waals surface area contributed by atoms with Crippen molar-refractivity contribution in [1.82, 2.24) is 5.32 Å². The largest absolute Gasteiger partial charge is 0.454 e. The SMILES string of the molecule is Cc1ccc(N(C(=O)C[S@@](=O)CC(=O)Nc2ccc3c(c2)OCO3)[C@@H](C)C(=O)NC2CCCC2)cc1. The summed E-state index contributed by atoms with van der Waals surface area (Å²) >= 11 is 0. The van der Waals surface area contributed by atoms with E-state index in [1.807, 2.05) is 19.1 Å². The van der Waals surface area contributed by atoms with Gasteiger partial charge in [-0.1, -0.05) is 30.5 Å². The molecule has 2 aromatic carbocycles. The Bertz CT molecular complexity index is 1150. The summed E-state index contributed by atoms with van der Waals surface area (Å²) in [6.45, 7) is 3.71. The molecule has 1 aliphatic heterocycles. The van der Waals surface area contributed by atoms with Gasteiger partial charge < -0.3 is 20.1 Å². The molecule has 2 N–H and O–H groups in total. The quantitative estimate of drug-likeness (QED) is 0.533. The third-order valence-corrected chi connectivity index (χ3v) is 7.44. The van der Waals surface area contributed by atoms with Crippen molar-refractivity contribution in [3.8, 4) is 11.5 Å². The lowest BCUT2D eigenvalue weighted by Gasteiger charge is -2.29. The minimum Gasteiger partial charge on any atom is -0.454 e. The van der Waals surface area contributed by atoms with E-state index in [1.54, 1.807) is 37.3 Å². The van der Waals surface area contributed by atoms with Gasteiger partial charge in [-0.2, -0.15) is 0 Å². The lowest BCUT2D eigenvalue weighted by atomic mass is 10.1. The van der Waals surface area contributed by atoms with Crippen molar-refractivity contribution in [3.05, 3.63) is 48.0 Å². The highest BCUT2D eigenvalue weighted by molar-refractivity contribution is 7.86. The highest BCUT2D eigenvalue weighted by atomic mass is 32.2. The third-order valence-electron chi connectivity index (χ3n) is 6.28. The van der Waals surface area contributed by atoms with Crippen LogP contribution in [0.1, 0.15) is 38.2 Å². The van der Waals surface area contributed by atoms with Gasteiger partial charge in [-0.25, -0.2) is 0 Å². The van der Waals surface area contributed by atoms with Crippen molar-refractivity contribution < 1.29 is 28.1 Å². The lowest BCUT2D eigenvalue weighted by molar-refractivity contribution is -0.125. The molecule has 1 aliphatic carbocycles. The first kappa shape index (κ1) is 25.7. The summed E-state index contributed by atoms with van der Waals surface area (Å²) < 4.78 is 23.3. The Labute approximate surface area is 213 Å². The van der Waals surface area contributed by atoms with Crippen molar-refractivity contribution in [3.63, 3.8) is 0 Å². The van der Waals surface area contributed by atoms with Gasteiger partial charge in [0, 0.05) is 34.3 Å². The molecular weight excluding hydrogens is 482 g/mol. The zero-order valence-corrected chi connectivity index (χ0v) is 21.3. The van der Waals surface area contributed by atoms with E-state index in [0.717, 1.165) is 31.2 Å². The average molecular weight is 514 g/mol. The first-order valence-corrected chi connectivity index (χ1v) is 13.5. The average Bonchev–Trinajstić information content (AvgIpc) is 3.51. The van der Waals surface area contributed by atoms with Gasteiger partial charge in [0.1, 0.15) is 17.5 Å². The normalized spacial score (nSPS) is 16.3. The molecule has 2 atom stereocenters.